The summed E-state index contributed by atoms with van der Waals surface area (Å²) in [5, 5.41) is 2.81. The van der Waals surface area contributed by atoms with Crippen LogP contribution in [0.5, 0.6) is 17.2 Å². The normalized spacial score (nSPS) is 13.1. The molecule has 0 unspecified atom stereocenters. The summed E-state index contributed by atoms with van der Waals surface area (Å²) in [6.45, 7) is 5.23. The van der Waals surface area contributed by atoms with Crippen LogP contribution in [0.4, 0.5) is 5.69 Å². The van der Waals surface area contributed by atoms with Crippen LogP contribution in [-0.4, -0.2) is 63.9 Å². The summed E-state index contributed by atoms with van der Waals surface area (Å²) in [6, 6.07) is 11.0. The zero-order valence-corrected chi connectivity index (χ0v) is 21.8. The molecule has 1 heterocycles. The summed E-state index contributed by atoms with van der Waals surface area (Å²) in [7, 11) is -2.27. The Morgan fingerprint density at radius 2 is 1.78 bits per heavy atom. The van der Waals surface area contributed by atoms with Gasteiger partial charge in [-0.25, -0.2) is 8.42 Å². The van der Waals surface area contributed by atoms with Gasteiger partial charge in [-0.2, -0.15) is 0 Å². The molecule has 36 heavy (non-hydrogen) atoms. The number of anilines is 1. The van der Waals surface area contributed by atoms with Gasteiger partial charge >= 0.3 is 0 Å². The van der Waals surface area contributed by atoms with Crippen molar-refractivity contribution in [1.29, 1.82) is 0 Å². The fourth-order valence-corrected chi connectivity index (χ4v) is 4.72. The molecule has 0 fully saturated rings. The summed E-state index contributed by atoms with van der Waals surface area (Å²) < 4.78 is 43.0. The minimum atomic E-state index is -3.83. The van der Waals surface area contributed by atoms with Crippen LogP contribution in [0, 0.1) is 0 Å². The number of carbonyl (C=O) groups is 2. The number of sulfonamides is 1. The Hall–Kier alpha value is -3.47. The van der Waals surface area contributed by atoms with Crippen LogP contribution in [0.1, 0.15) is 32.8 Å². The van der Waals surface area contributed by atoms with E-state index >= 15 is 0 Å². The summed E-state index contributed by atoms with van der Waals surface area (Å²) in [4.78, 5) is 27.8. The summed E-state index contributed by atoms with van der Waals surface area (Å²) in [6.07, 6.45) is 0.748. The van der Waals surface area contributed by atoms with Crippen molar-refractivity contribution in [2.24, 2.45) is 0 Å². The number of nitrogens with zero attached hydrogens (tertiary/aromatic N) is 2. The largest absolute Gasteiger partial charge is 0.497 e. The molecule has 2 amide bonds. The number of nitrogens with one attached hydrogen (secondary N) is 1. The Morgan fingerprint density at radius 1 is 1.08 bits per heavy atom. The van der Waals surface area contributed by atoms with Crippen LogP contribution in [-0.2, 0) is 26.2 Å². The first-order chi connectivity index (χ1) is 17.2. The molecule has 10 nitrogen and oxygen atoms in total. The van der Waals surface area contributed by atoms with E-state index in [2.05, 4.69) is 5.32 Å². The molecule has 2 aromatic rings. The molecule has 0 aliphatic carbocycles. The van der Waals surface area contributed by atoms with E-state index in [0.717, 1.165) is 16.3 Å². The molecule has 2 aromatic carbocycles. The lowest BCUT2D eigenvalue weighted by Gasteiger charge is -2.32. The Balaban J connectivity index is 1.92. The predicted molar refractivity (Wildman–Crippen MR) is 136 cm³/mol. The summed E-state index contributed by atoms with van der Waals surface area (Å²) >= 11 is 0. The average Bonchev–Trinajstić information content (AvgIpc) is 3.36. The fraction of sp³-hybridized carbons (Fsp3) is 0.440. The molecule has 0 spiro atoms. The SMILES string of the molecule is CCCNC(=O)[C@H](C)N(Cc1ccc(OC)cc1)C(=O)CN(c1ccc2c(c1)OCO2)S(=O)(=O)CC. The van der Waals surface area contributed by atoms with Gasteiger partial charge in [0.25, 0.3) is 0 Å². The summed E-state index contributed by atoms with van der Waals surface area (Å²) in [5.41, 5.74) is 1.05. The topological polar surface area (TPSA) is 114 Å². The lowest BCUT2D eigenvalue weighted by molar-refractivity contribution is -0.139. The van der Waals surface area contributed by atoms with E-state index in [4.69, 9.17) is 14.2 Å². The van der Waals surface area contributed by atoms with Crippen molar-refractivity contribution in [3.63, 3.8) is 0 Å². The molecule has 1 N–H and O–H groups in total. The Bertz CT molecular complexity index is 1170. The van der Waals surface area contributed by atoms with Gasteiger partial charge in [0.2, 0.25) is 28.6 Å². The zero-order valence-electron chi connectivity index (χ0n) is 21.0. The first-order valence-corrected chi connectivity index (χ1v) is 13.4. The van der Waals surface area contributed by atoms with Gasteiger partial charge in [0.05, 0.1) is 18.6 Å². The fourth-order valence-electron chi connectivity index (χ4n) is 3.67. The van der Waals surface area contributed by atoms with E-state index in [1.54, 1.807) is 50.4 Å². The van der Waals surface area contributed by atoms with Gasteiger partial charge in [-0.15, -0.1) is 0 Å². The Morgan fingerprint density at radius 3 is 2.42 bits per heavy atom. The first-order valence-electron chi connectivity index (χ1n) is 11.8. The standard InChI is InChI=1S/C25H33N3O7S/c1-5-13-26-25(30)18(3)27(15-19-7-10-21(33-4)11-8-19)24(29)16-28(36(31,32)6-2)20-9-12-22-23(14-20)35-17-34-22/h7-12,14,18H,5-6,13,15-17H2,1-4H3,(H,26,30)/t18-/m0/s1. The smallest absolute Gasteiger partial charge is 0.244 e. The molecule has 0 radical (unpaired) electrons. The van der Waals surface area contributed by atoms with Crippen LogP contribution >= 0.6 is 0 Å². The van der Waals surface area contributed by atoms with E-state index in [1.165, 1.54) is 17.9 Å². The van der Waals surface area contributed by atoms with Gasteiger partial charge in [-0.05, 0) is 50.1 Å². The highest BCUT2D eigenvalue weighted by molar-refractivity contribution is 7.92. The number of carbonyl (C=O) groups excluding carboxylic acids is 2. The van der Waals surface area contributed by atoms with E-state index in [-0.39, 0.29) is 30.7 Å². The second-order valence-electron chi connectivity index (χ2n) is 8.28. The third-order valence-corrected chi connectivity index (χ3v) is 7.59. The van der Waals surface area contributed by atoms with Gasteiger partial charge in [-0.3, -0.25) is 13.9 Å². The quantitative estimate of drug-likeness (QED) is 0.458. The molecule has 1 aliphatic heterocycles. The molecular formula is C25H33N3O7S. The highest BCUT2D eigenvalue weighted by Gasteiger charge is 2.31. The van der Waals surface area contributed by atoms with E-state index < -0.39 is 28.5 Å². The van der Waals surface area contributed by atoms with Crippen molar-refractivity contribution >= 4 is 27.5 Å². The zero-order chi connectivity index (χ0) is 26.3. The maximum absolute atomic E-state index is 13.6. The van der Waals surface area contributed by atoms with Crippen molar-refractivity contribution in [3.05, 3.63) is 48.0 Å². The second-order valence-corrected chi connectivity index (χ2v) is 10.5. The molecule has 1 aliphatic rings. The summed E-state index contributed by atoms with van der Waals surface area (Å²) in [5.74, 6) is 0.527. The Kier molecular flexibility index (Phi) is 9.03. The molecule has 0 saturated heterocycles. The maximum Gasteiger partial charge on any atom is 0.244 e. The molecule has 0 bridgehead atoms. The van der Waals surface area contributed by atoms with Crippen molar-refractivity contribution in [3.8, 4) is 17.2 Å². The van der Waals surface area contributed by atoms with Crippen molar-refractivity contribution < 1.29 is 32.2 Å². The average molecular weight is 520 g/mol. The highest BCUT2D eigenvalue weighted by Crippen LogP contribution is 2.36. The van der Waals surface area contributed by atoms with E-state index in [0.29, 0.717) is 23.8 Å². The third kappa shape index (κ3) is 6.39. The molecule has 3 rings (SSSR count). The molecule has 1 atom stereocenters. The number of hydrogen-bond donors (Lipinski definition) is 1. The number of hydrogen-bond acceptors (Lipinski definition) is 7. The number of benzene rings is 2. The van der Waals surface area contributed by atoms with Gasteiger partial charge in [0.15, 0.2) is 11.5 Å². The second kappa shape index (κ2) is 12.0. The molecule has 0 saturated carbocycles. The molecule has 11 heteroatoms. The van der Waals surface area contributed by atoms with Crippen molar-refractivity contribution in [1.82, 2.24) is 10.2 Å². The van der Waals surface area contributed by atoms with Gasteiger partial charge < -0.3 is 24.4 Å². The number of fused-ring (bicyclic) bond motifs is 1. The molecule has 0 aromatic heterocycles. The molecule has 196 valence electrons. The minimum absolute atomic E-state index is 0.0400. The van der Waals surface area contributed by atoms with Crippen molar-refractivity contribution in [2.45, 2.75) is 39.8 Å². The van der Waals surface area contributed by atoms with Crippen LogP contribution in [0.2, 0.25) is 0 Å². The number of amides is 2. The van der Waals surface area contributed by atoms with E-state index in [1.807, 2.05) is 6.92 Å². The minimum Gasteiger partial charge on any atom is -0.497 e. The van der Waals surface area contributed by atoms with Crippen LogP contribution in [0.3, 0.4) is 0 Å². The number of ether oxygens (including phenoxy) is 3. The Labute approximate surface area is 212 Å². The van der Waals surface area contributed by atoms with E-state index in [9.17, 15) is 18.0 Å². The lowest BCUT2D eigenvalue weighted by Crippen LogP contribution is -2.51. The van der Waals surface area contributed by atoms with Crippen LogP contribution < -0.4 is 23.8 Å². The van der Waals surface area contributed by atoms with Gasteiger partial charge in [0, 0.05) is 19.2 Å². The van der Waals surface area contributed by atoms with Gasteiger partial charge in [-0.1, -0.05) is 19.1 Å². The van der Waals surface area contributed by atoms with Crippen molar-refractivity contribution in [2.75, 3.05) is 37.1 Å². The first kappa shape index (κ1) is 27.1. The maximum atomic E-state index is 13.6. The van der Waals surface area contributed by atoms with Crippen LogP contribution in [0.15, 0.2) is 42.5 Å². The lowest BCUT2D eigenvalue weighted by atomic mass is 10.1. The predicted octanol–water partition coefficient (Wildman–Crippen LogP) is 2.52. The van der Waals surface area contributed by atoms with Crippen LogP contribution in [0.25, 0.3) is 0 Å². The van der Waals surface area contributed by atoms with Gasteiger partial charge in [0.1, 0.15) is 18.3 Å². The number of methoxy groups -OCH3 is 1. The third-order valence-electron chi connectivity index (χ3n) is 5.85. The highest BCUT2D eigenvalue weighted by atomic mass is 32.2. The molecular weight excluding hydrogens is 486 g/mol. The monoisotopic (exact) mass is 519 g/mol. The number of rotatable bonds is 12.